The molecular formula is C16H19ClN2OS. The fraction of sp³-hybridized carbons (Fsp3) is 0.312. The summed E-state index contributed by atoms with van der Waals surface area (Å²) in [6.07, 6.45) is 0. The molecule has 0 bridgehead atoms. The lowest BCUT2D eigenvalue weighted by atomic mass is 10.1. The van der Waals surface area contributed by atoms with Crippen LogP contribution in [0, 0.1) is 0 Å². The van der Waals surface area contributed by atoms with Gasteiger partial charge < -0.3 is 10.6 Å². The maximum absolute atomic E-state index is 11.9. The third kappa shape index (κ3) is 4.48. The van der Waals surface area contributed by atoms with Crippen molar-refractivity contribution < 1.29 is 4.79 Å². The normalized spacial score (nSPS) is 12.2. The van der Waals surface area contributed by atoms with Crippen molar-refractivity contribution in [1.82, 2.24) is 5.32 Å². The van der Waals surface area contributed by atoms with Crippen LogP contribution in [0.5, 0.6) is 0 Å². The predicted molar refractivity (Wildman–Crippen MR) is 90.4 cm³/mol. The zero-order chi connectivity index (χ0) is 15.4. The van der Waals surface area contributed by atoms with Gasteiger partial charge in [0.2, 0.25) is 0 Å². The second-order valence-corrected chi connectivity index (χ2v) is 6.80. The first kappa shape index (κ1) is 15.9. The number of hydrogen-bond acceptors (Lipinski definition) is 3. The van der Waals surface area contributed by atoms with E-state index in [4.69, 9.17) is 11.6 Å². The molecule has 0 aliphatic heterocycles. The van der Waals surface area contributed by atoms with E-state index in [0.717, 1.165) is 15.6 Å². The molecule has 2 aromatic rings. The first-order valence-corrected chi connectivity index (χ1v) is 8.13. The average Bonchev–Trinajstić information content (AvgIpc) is 2.85. The summed E-state index contributed by atoms with van der Waals surface area (Å²) >= 11 is 7.48. The lowest BCUT2D eigenvalue weighted by molar-refractivity contribution is 0.0943. The van der Waals surface area contributed by atoms with Crippen molar-refractivity contribution in [2.45, 2.75) is 32.9 Å². The van der Waals surface area contributed by atoms with Gasteiger partial charge in [-0.2, -0.15) is 0 Å². The Morgan fingerprint density at radius 3 is 2.38 bits per heavy atom. The van der Waals surface area contributed by atoms with E-state index in [9.17, 15) is 4.79 Å². The molecule has 0 aliphatic rings. The molecule has 5 heteroatoms. The molecule has 0 saturated carbocycles. The zero-order valence-corrected chi connectivity index (χ0v) is 13.9. The molecule has 1 unspecified atom stereocenters. The summed E-state index contributed by atoms with van der Waals surface area (Å²) in [6, 6.07) is 9.76. The highest BCUT2D eigenvalue weighted by Crippen LogP contribution is 2.27. The van der Waals surface area contributed by atoms with Crippen LogP contribution in [0.4, 0.5) is 5.69 Å². The first-order valence-electron chi connectivity index (χ1n) is 6.87. The van der Waals surface area contributed by atoms with Crippen molar-refractivity contribution in [3.63, 3.8) is 0 Å². The summed E-state index contributed by atoms with van der Waals surface area (Å²) in [4.78, 5) is 11.9. The van der Waals surface area contributed by atoms with Gasteiger partial charge in [0.15, 0.2) is 0 Å². The Morgan fingerprint density at radius 2 is 1.86 bits per heavy atom. The number of rotatable bonds is 5. The van der Waals surface area contributed by atoms with Gasteiger partial charge in [-0.05, 0) is 62.0 Å². The quantitative estimate of drug-likeness (QED) is 0.836. The molecule has 0 fully saturated rings. The van der Waals surface area contributed by atoms with Gasteiger partial charge in [-0.3, -0.25) is 4.79 Å². The molecule has 1 heterocycles. The fourth-order valence-electron chi connectivity index (χ4n) is 1.95. The summed E-state index contributed by atoms with van der Waals surface area (Å²) in [7, 11) is 0. The van der Waals surface area contributed by atoms with Gasteiger partial charge in [0.05, 0.1) is 4.34 Å². The molecule has 1 amide bonds. The standard InChI is InChI=1S/C16H19ClN2OS/c1-10(2)18-16(20)12-4-6-14(7-5-12)19-11(3)13-8-15(17)21-9-13/h4-11,19H,1-3H3,(H,18,20). The minimum atomic E-state index is -0.0470. The number of carbonyl (C=O) groups excluding carboxylic acids is 1. The number of nitrogens with one attached hydrogen (secondary N) is 2. The molecule has 0 saturated heterocycles. The second kappa shape index (κ2) is 6.96. The maximum Gasteiger partial charge on any atom is 0.251 e. The second-order valence-electron chi connectivity index (χ2n) is 5.26. The minimum Gasteiger partial charge on any atom is -0.378 e. The number of carbonyl (C=O) groups is 1. The van der Waals surface area contributed by atoms with Gasteiger partial charge in [0, 0.05) is 23.3 Å². The molecule has 21 heavy (non-hydrogen) atoms. The van der Waals surface area contributed by atoms with Crippen LogP contribution in [0.3, 0.4) is 0 Å². The van der Waals surface area contributed by atoms with Crippen LogP contribution in [0.1, 0.15) is 42.7 Å². The highest BCUT2D eigenvalue weighted by molar-refractivity contribution is 7.14. The van der Waals surface area contributed by atoms with Gasteiger partial charge in [0.1, 0.15) is 0 Å². The van der Waals surface area contributed by atoms with Crippen molar-refractivity contribution in [3.05, 3.63) is 51.2 Å². The van der Waals surface area contributed by atoms with E-state index in [1.54, 1.807) is 0 Å². The van der Waals surface area contributed by atoms with E-state index in [1.165, 1.54) is 11.3 Å². The van der Waals surface area contributed by atoms with Crippen LogP contribution in [0.25, 0.3) is 0 Å². The van der Waals surface area contributed by atoms with Gasteiger partial charge in [-0.1, -0.05) is 11.6 Å². The predicted octanol–water partition coefficient (Wildman–Crippen LogP) is 4.71. The van der Waals surface area contributed by atoms with E-state index in [1.807, 2.05) is 49.6 Å². The van der Waals surface area contributed by atoms with Gasteiger partial charge >= 0.3 is 0 Å². The molecule has 112 valence electrons. The molecule has 1 atom stereocenters. The van der Waals surface area contributed by atoms with Crippen LogP contribution in [-0.4, -0.2) is 11.9 Å². The van der Waals surface area contributed by atoms with E-state index in [-0.39, 0.29) is 18.0 Å². The zero-order valence-electron chi connectivity index (χ0n) is 12.3. The Hall–Kier alpha value is -1.52. The first-order chi connectivity index (χ1) is 9.95. The highest BCUT2D eigenvalue weighted by atomic mass is 35.5. The van der Waals surface area contributed by atoms with Crippen molar-refractivity contribution in [1.29, 1.82) is 0 Å². The highest BCUT2D eigenvalue weighted by Gasteiger charge is 2.09. The van der Waals surface area contributed by atoms with Crippen LogP contribution < -0.4 is 10.6 Å². The lowest BCUT2D eigenvalue weighted by Crippen LogP contribution is -2.29. The van der Waals surface area contributed by atoms with Crippen LogP contribution >= 0.6 is 22.9 Å². The van der Waals surface area contributed by atoms with E-state index < -0.39 is 0 Å². The van der Waals surface area contributed by atoms with Crippen molar-refractivity contribution in [2.24, 2.45) is 0 Å². The third-order valence-electron chi connectivity index (χ3n) is 3.04. The van der Waals surface area contributed by atoms with Crippen molar-refractivity contribution in [3.8, 4) is 0 Å². The Balaban J connectivity index is 2.00. The molecular weight excluding hydrogens is 304 g/mol. The van der Waals surface area contributed by atoms with Crippen LogP contribution in [0.2, 0.25) is 4.34 Å². The van der Waals surface area contributed by atoms with E-state index >= 15 is 0 Å². The van der Waals surface area contributed by atoms with E-state index in [2.05, 4.69) is 17.6 Å². The number of halogens is 1. The summed E-state index contributed by atoms with van der Waals surface area (Å²) < 4.78 is 0.791. The summed E-state index contributed by atoms with van der Waals surface area (Å²) in [5.41, 5.74) is 2.80. The largest absolute Gasteiger partial charge is 0.378 e. The Labute approximate surface area is 134 Å². The number of amides is 1. The van der Waals surface area contributed by atoms with Crippen LogP contribution in [-0.2, 0) is 0 Å². The molecule has 1 aromatic carbocycles. The number of thiophene rings is 1. The Morgan fingerprint density at radius 1 is 1.19 bits per heavy atom. The van der Waals surface area contributed by atoms with Gasteiger partial charge in [-0.25, -0.2) is 0 Å². The molecule has 0 radical (unpaired) electrons. The summed E-state index contributed by atoms with van der Waals surface area (Å²) in [6.45, 7) is 5.97. The molecule has 0 spiro atoms. The molecule has 1 aromatic heterocycles. The number of hydrogen-bond donors (Lipinski definition) is 2. The summed E-state index contributed by atoms with van der Waals surface area (Å²) in [5, 5.41) is 8.32. The molecule has 2 N–H and O–H groups in total. The van der Waals surface area contributed by atoms with Crippen molar-refractivity contribution in [2.75, 3.05) is 5.32 Å². The SMILES string of the molecule is CC(C)NC(=O)c1ccc(NC(C)c2csc(Cl)c2)cc1. The lowest BCUT2D eigenvalue weighted by Gasteiger charge is -2.14. The molecule has 2 rings (SSSR count). The average molecular weight is 323 g/mol. The maximum atomic E-state index is 11.9. The topological polar surface area (TPSA) is 41.1 Å². The van der Waals surface area contributed by atoms with Crippen LogP contribution in [0.15, 0.2) is 35.7 Å². The number of benzene rings is 1. The molecule has 3 nitrogen and oxygen atoms in total. The Bertz CT molecular complexity index is 607. The number of anilines is 1. The van der Waals surface area contributed by atoms with Gasteiger partial charge in [-0.15, -0.1) is 11.3 Å². The van der Waals surface area contributed by atoms with E-state index in [0.29, 0.717) is 5.56 Å². The van der Waals surface area contributed by atoms with Gasteiger partial charge in [0.25, 0.3) is 5.91 Å². The molecule has 0 aliphatic carbocycles. The monoisotopic (exact) mass is 322 g/mol. The van der Waals surface area contributed by atoms with Crippen molar-refractivity contribution >= 4 is 34.5 Å². The summed E-state index contributed by atoms with van der Waals surface area (Å²) in [5.74, 6) is -0.0470. The third-order valence-corrected chi connectivity index (χ3v) is 4.15. The smallest absolute Gasteiger partial charge is 0.251 e. The fourth-order valence-corrected chi connectivity index (χ4v) is 2.93. The Kier molecular flexibility index (Phi) is 5.26. The minimum absolute atomic E-state index is 0.0470.